The first-order valence-corrected chi connectivity index (χ1v) is 6.50. The summed E-state index contributed by atoms with van der Waals surface area (Å²) in [5.41, 5.74) is 9.27. The first-order chi connectivity index (χ1) is 10.1. The third-order valence-corrected chi connectivity index (χ3v) is 2.75. The van der Waals surface area contributed by atoms with Gasteiger partial charge in [0.15, 0.2) is 0 Å². The van der Waals surface area contributed by atoms with E-state index in [4.69, 9.17) is 10.3 Å². The van der Waals surface area contributed by atoms with E-state index < -0.39 is 24.1 Å². The lowest BCUT2D eigenvalue weighted by molar-refractivity contribution is -0.167. The van der Waals surface area contributed by atoms with Gasteiger partial charge < -0.3 is 9.47 Å². The van der Waals surface area contributed by atoms with Crippen molar-refractivity contribution in [1.29, 1.82) is 0 Å². The van der Waals surface area contributed by atoms with Gasteiger partial charge in [0.25, 0.3) is 0 Å². The van der Waals surface area contributed by atoms with E-state index in [0.29, 0.717) is 12.0 Å². The number of nitrogens with zero attached hydrogens (tertiary/aromatic N) is 3. The molecule has 0 fully saturated rings. The molecule has 0 saturated carbocycles. The Morgan fingerprint density at radius 1 is 1.33 bits per heavy atom. The minimum Gasteiger partial charge on any atom is -0.466 e. The standard InChI is InChI=1S/C14H17N3O4/c1-3-7-11(18)21-13(14(19)20-2)12(16-17-15)10-8-5-4-6-9-10/h4-6,8-9,12-13H,3,7H2,1-2H3/t12-,13-/m1/s1. The third-order valence-electron chi connectivity index (χ3n) is 2.75. The monoisotopic (exact) mass is 291 g/mol. The zero-order valence-electron chi connectivity index (χ0n) is 11.9. The van der Waals surface area contributed by atoms with Gasteiger partial charge in [-0.05, 0) is 17.5 Å². The van der Waals surface area contributed by atoms with Crippen molar-refractivity contribution in [1.82, 2.24) is 0 Å². The second kappa shape index (κ2) is 8.60. The van der Waals surface area contributed by atoms with Crippen molar-refractivity contribution in [3.63, 3.8) is 0 Å². The van der Waals surface area contributed by atoms with E-state index >= 15 is 0 Å². The number of carbonyl (C=O) groups is 2. The molecule has 0 aliphatic heterocycles. The van der Waals surface area contributed by atoms with Crippen LogP contribution >= 0.6 is 0 Å². The molecule has 21 heavy (non-hydrogen) atoms. The van der Waals surface area contributed by atoms with Gasteiger partial charge in [-0.2, -0.15) is 0 Å². The lowest BCUT2D eigenvalue weighted by Crippen LogP contribution is -2.33. The van der Waals surface area contributed by atoms with Crippen molar-refractivity contribution in [2.45, 2.75) is 31.9 Å². The minimum absolute atomic E-state index is 0.172. The van der Waals surface area contributed by atoms with Gasteiger partial charge in [0.05, 0.1) is 7.11 Å². The molecule has 0 amide bonds. The molecule has 0 N–H and O–H groups in total. The molecule has 1 rings (SSSR count). The highest BCUT2D eigenvalue weighted by Crippen LogP contribution is 2.25. The van der Waals surface area contributed by atoms with E-state index in [-0.39, 0.29) is 6.42 Å². The fraction of sp³-hybridized carbons (Fsp3) is 0.429. The van der Waals surface area contributed by atoms with Crippen LogP contribution in [0, 0.1) is 0 Å². The molecular formula is C14H17N3O4. The van der Waals surface area contributed by atoms with E-state index in [1.807, 2.05) is 6.92 Å². The lowest BCUT2D eigenvalue weighted by atomic mass is 10.0. The summed E-state index contributed by atoms with van der Waals surface area (Å²) in [6, 6.07) is 7.65. The topological polar surface area (TPSA) is 101 Å². The summed E-state index contributed by atoms with van der Waals surface area (Å²) in [5.74, 6) is -1.30. The van der Waals surface area contributed by atoms with Crippen LogP contribution < -0.4 is 0 Å². The fourth-order valence-corrected chi connectivity index (χ4v) is 1.77. The summed E-state index contributed by atoms with van der Waals surface area (Å²) in [7, 11) is 1.18. The number of methoxy groups -OCH3 is 1. The Labute approximate surface area is 122 Å². The summed E-state index contributed by atoms with van der Waals surface area (Å²) in [6.07, 6.45) is -0.539. The van der Waals surface area contributed by atoms with E-state index in [1.165, 1.54) is 7.11 Å². The van der Waals surface area contributed by atoms with Gasteiger partial charge in [-0.25, -0.2) is 4.79 Å². The van der Waals surface area contributed by atoms with E-state index in [0.717, 1.165) is 0 Å². The SMILES string of the molecule is CCCC(=O)O[C@@H](C(=O)OC)[C@H](N=[N+]=[N-])c1ccccc1. The number of ether oxygens (including phenoxy) is 2. The van der Waals surface area contributed by atoms with Gasteiger partial charge in [-0.3, -0.25) is 4.79 Å². The number of benzene rings is 1. The Kier molecular flexibility index (Phi) is 6.77. The molecule has 0 unspecified atom stereocenters. The summed E-state index contributed by atoms with van der Waals surface area (Å²) >= 11 is 0. The second-order valence-electron chi connectivity index (χ2n) is 4.24. The number of azide groups is 1. The zero-order chi connectivity index (χ0) is 15.7. The molecule has 0 aliphatic rings. The first-order valence-electron chi connectivity index (χ1n) is 6.50. The summed E-state index contributed by atoms with van der Waals surface area (Å²) in [6.45, 7) is 1.82. The number of rotatable bonds is 7. The molecular weight excluding hydrogens is 274 g/mol. The minimum atomic E-state index is -1.30. The van der Waals surface area contributed by atoms with Crippen LogP contribution in [0.25, 0.3) is 10.4 Å². The number of esters is 2. The Balaban J connectivity index is 3.09. The maximum atomic E-state index is 11.9. The molecule has 0 spiro atoms. The maximum Gasteiger partial charge on any atom is 0.347 e. The molecule has 2 atom stereocenters. The smallest absolute Gasteiger partial charge is 0.347 e. The van der Waals surface area contributed by atoms with Gasteiger partial charge >= 0.3 is 11.9 Å². The third kappa shape index (κ3) is 4.81. The molecule has 0 aromatic heterocycles. The molecule has 7 nitrogen and oxygen atoms in total. The van der Waals surface area contributed by atoms with Gasteiger partial charge in [0, 0.05) is 11.3 Å². The van der Waals surface area contributed by atoms with Crippen LogP contribution in [0.4, 0.5) is 0 Å². The van der Waals surface area contributed by atoms with E-state index in [9.17, 15) is 9.59 Å². The van der Waals surface area contributed by atoms with Crippen molar-refractivity contribution in [3.05, 3.63) is 46.3 Å². The van der Waals surface area contributed by atoms with Crippen molar-refractivity contribution in [3.8, 4) is 0 Å². The fourth-order valence-electron chi connectivity index (χ4n) is 1.77. The second-order valence-corrected chi connectivity index (χ2v) is 4.24. The molecule has 1 aromatic carbocycles. The largest absolute Gasteiger partial charge is 0.466 e. The van der Waals surface area contributed by atoms with Crippen LogP contribution in [-0.2, 0) is 19.1 Å². The molecule has 0 bridgehead atoms. The van der Waals surface area contributed by atoms with Crippen LogP contribution in [0.2, 0.25) is 0 Å². The first kappa shape index (κ1) is 16.5. The molecule has 7 heteroatoms. The molecule has 0 saturated heterocycles. The Bertz CT molecular complexity index is 526. The molecule has 0 heterocycles. The highest BCUT2D eigenvalue weighted by Gasteiger charge is 2.33. The van der Waals surface area contributed by atoms with Gasteiger partial charge in [0.1, 0.15) is 6.04 Å². The van der Waals surface area contributed by atoms with Crippen LogP contribution in [0.1, 0.15) is 31.4 Å². The number of hydrogen-bond donors (Lipinski definition) is 0. The normalized spacial score (nSPS) is 12.7. The Morgan fingerprint density at radius 2 is 2.00 bits per heavy atom. The summed E-state index contributed by atoms with van der Waals surface area (Å²) in [5, 5.41) is 3.58. The molecule has 0 radical (unpaired) electrons. The Hall–Kier alpha value is -2.53. The van der Waals surface area contributed by atoms with Gasteiger partial charge in [-0.1, -0.05) is 42.4 Å². The highest BCUT2D eigenvalue weighted by molar-refractivity contribution is 5.80. The molecule has 1 aromatic rings. The van der Waals surface area contributed by atoms with Crippen molar-refractivity contribution in [2.75, 3.05) is 7.11 Å². The summed E-state index contributed by atoms with van der Waals surface area (Å²) < 4.78 is 9.78. The zero-order valence-corrected chi connectivity index (χ0v) is 11.9. The number of hydrogen-bond acceptors (Lipinski definition) is 5. The van der Waals surface area contributed by atoms with Crippen LogP contribution in [0.3, 0.4) is 0 Å². The molecule has 112 valence electrons. The Morgan fingerprint density at radius 3 is 2.52 bits per heavy atom. The van der Waals surface area contributed by atoms with Gasteiger partial charge in [0.2, 0.25) is 6.10 Å². The number of carbonyl (C=O) groups excluding carboxylic acids is 2. The van der Waals surface area contributed by atoms with Crippen LogP contribution in [0.15, 0.2) is 35.4 Å². The predicted molar refractivity (Wildman–Crippen MR) is 75.1 cm³/mol. The van der Waals surface area contributed by atoms with Crippen molar-refractivity contribution in [2.24, 2.45) is 5.11 Å². The van der Waals surface area contributed by atoms with E-state index in [1.54, 1.807) is 30.3 Å². The van der Waals surface area contributed by atoms with Crippen molar-refractivity contribution < 1.29 is 19.1 Å². The highest BCUT2D eigenvalue weighted by atomic mass is 16.6. The van der Waals surface area contributed by atoms with Crippen LogP contribution in [-0.4, -0.2) is 25.2 Å². The average Bonchev–Trinajstić information content (AvgIpc) is 2.51. The van der Waals surface area contributed by atoms with Crippen molar-refractivity contribution >= 4 is 11.9 Å². The average molecular weight is 291 g/mol. The maximum absolute atomic E-state index is 11.9. The quantitative estimate of drug-likeness (QED) is 0.333. The summed E-state index contributed by atoms with van der Waals surface area (Å²) in [4.78, 5) is 26.2. The lowest BCUT2D eigenvalue weighted by Gasteiger charge is -2.21. The predicted octanol–water partition coefficient (Wildman–Crippen LogP) is 2.92. The van der Waals surface area contributed by atoms with Crippen LogP contribution in [0.5, 0.6) is 0 Å². The molecule has 0 aliphatic carbocycles. The van der Waals surface area contributed by atoms with E-state index in [2.05, 4.69) is 14.8 Å². The van der Waals surface area contributed by atoms with Gasteiger partial charge in [-0.15, -0.1) is 0 Å².